The van der Waals surface area contributed by atoms with Gasteiger partial charge in [0.05, 0.1) is 5.56 Å². The third-order valence-electron chi connectivity index (χ3n) is 2.75. The highest BCUT2D eigenvalue weighted by molar-refractivity contribution is 5.48. The fourth-order valence-electron chi connectivity index (χ4n) is 1.72. The summed E-state index contributed by atoms with van der Waals surface area (Å²) >= 11 is 0. The average molecular weight is 258 g/mol. The number of nitrogens with zero attached hydrogens (tertiary/aromatic N) is 1. The van der Waals surface area contributed by atoms with E-state index in [9.17, 15) is 8.78 Å². The Kier molecular flexibility index (Phi) is 4.09. The minimum atomic E-state index is -0.533. The molecule has 0 aliphatic heterocycles. The Hall–Kier alpha value is -2.41. The van der Waals surface area contributed by atoms with Gasteiger partial charge in [-0.25, -0.2) is 8.78 Å². The minimum absolute atomic E-state index is 0.0316. The lowest BCUT2D eigenvalue weighted by Gasteiger charge is -2.07. The van der Waals surface area contributed by atoms with Crippen molar-refractivity contribution >= 4 is 5.69 Å². The molecule has 2 rings (SSSR count). The number of nitrogens with one attached hydrogen (secondary N) is 1. The van der Waals surface area contributed by atoms with Crippen LogP contribution in [0.2, 0.25) is 0 Å². The summed E-state index contributed by atoms with van der Waals surface area (Å²) < 4.78 is 26.0. The van der Waals surface area contributed by atoms with Crippen LogP contribution in [0.5, 0.6) is 0 Å². The maximum Gasteiger partial charge on any atom is 0.143 e. The zero-order valence-electron chi connectivity index (χ0n) is 10.2. The van der Waals surface area contributed by atoms with Crippen LogP contribution in [0.15, 0.2) is 42.5 Å². The third-order valence-corrected chi connectivity index (χ3v) is 2.75. The first kappa shape index (κ1) is 13.0. The van der Waals surface area contributed by atoms with Crippen LogP contribution in [0.4, 0.5) is 14.5 Å². The summed E-state index contributed by atoms with van der Waals surface area (Å²) in [6, 6.07) is 12.4. The Morgan fingerprint density at radius 2 is 1.79 bits per heavy atom. The maximum atomic E-state index is 13.3. The Morgan fingerprint density at radius 1 is 1.05 bits per heavy atom. The lowest BCUT2D eigenvalue weighted by atomic mass is 10.1. The van der Waals surface area contributed by atoms with Crippen molar-refractivity contribution in [2.24, 2.45) is 0 Å². The molecule has 0 bridgehead atoms. The minimum Gasteiger partial charge on any atom is -0.385 e. The van der Waals surface area contributed by atoms with Gasteiger partial charge >= 0.3 is 0 Å². The van der Waals surface area contributed by atoms with Gasteiger partial charge in [-0.3, -0.25) is 0 Å². The van der Waals surface area contributed by atoms with E-state index in [2.05, 4.69) is 5.32 Å². The highest BCUT2D eigenvalue weighted by Crippen LogP contribution is 2.14. The lowest BCUT2D eigenvalue weighted by molar-refractivity contribution is 0.624. The average Bonchev–Trinajstić information content (AvgIpc) is 2.41. The molecule has 0 spiro atoms. The van der Waals surface area contributed by atoms with Gasteiger partial charge < -0.3 is 5.32 Å². The van der Waals surface area contributed by atoms with Gasteiger partial charge in [-0.15, -0.1) is 0 Å². The predicted octanol–water partition coefficient (Wildman–Crippen LogP) is 3.49. The maximum absolute atomic E-state index is 13.3. The van der Waals surface area contributed by atoms with Crippen molar-refractivity contribution in [3.8, 4) is 6.07 Å². The monoisotopic (exact) mass is 258 g/mol. The van der Waals surface area contributed by atoms with E-state index in [0.717, 1.165) is 5.56 Å². The zero-order chi connectivity index (χ0) is 13.7. The fraction of sp³-hybridized carbons (Fsp3) is 0.133. The molecule has 0 saturated heterocycles. The Labute approximate surface area is 110 Å². The summed E-state index contributed by atoms with van der Waals surface area (Å²) in [6.45, 7) is 0.608. The molecule has 0 heterocycles. The van der Waals surface area contributed by atoms with Gasteiger partial charge in [-0.1, -0.05) is 12.1 Å². The first-order valence-corrected chi connectivity index (χ1v) is 5.87. The topological polar surface area (TPSA) is 35.8 Å². The molecule has 4 heteroatoms. The quantitative estimate of drug-likeness (QED) is 0.911. The summed E-state index contributed by atoms with van der Waals surface area (Å²) in [5.74, 6) is -0.792. The van der Waals surface area contributed by atoms with E-state index in [-0.39, 0.29) is 11.4 Å². The van der Waals surface area contributed by atoms with Gasteiger partial charge in [0.2, 0.25) is 0 Å². The van der Waals surface area contributed by atoms with E-state index in [1.165, 1.54) is 24.3 Å². The van der Waals surface area contributed by atoms with Gasteiger partial charge in [0.1, 0.15) is 17.7 Å². The van der Waals surface area contributed by atoms with Crippen molar-refractivity contribution in [2.45, 2.75) is 6.42 Å². The Morgan fingerprint density at radius 3 is 2.42 bits per heavy atom. The molecule has 2 nitrogen and oxygen atoms in total. The second-order valence-electron chi connectivity index (χ2n) is 4.11. The van der Waals surface area contributed by atoms with Crippen LogP contribution in [0.3, 0.4) is 0 Å². The molecule has 19 heavy (non-hydrogen) atoms. The van der Waals surface area contributed by atoms with Crippen LogP contribution in [-0.4, -0.2) is 6.54 Å². The number of anilines is 1. The number of halogens is 2. The SMILES string of the molecule is N#Cc1ccc(NCCc2ccc(F)cc2)cc1F. The molecule has 96 valence electrons. The van der Waals surface area contributed by atoms with Gasteiger partial charge in [0, 0.05) is 12.2 Å². The lowest BCUT2D eigenvalue weighted by Crippen LogP contribution is -2.05. The van der Waals surface area contributed by atoms with E-state index in [1.54, 1.807) is 24.3 Å². The van der Waals surface area contributed by atoms with Crippen molar-refractivity contribution < 1.29 is 8.78 Å². The van der Waals surface area contributed by atoms with E-state index in [0.29, 0.717) is 18.7 Å². The second kappa shape index (κ2) is 5.96. The van der Waals surface area contributed by atoms with E-state index in [1.807, 2.05) is 0 Å². The summed E-state index contributed by atoms with van der Waals surface area (Å²) in [5, 5.41) is 11.7. The summed E-state index contributed by atoms with van der Waals surface area (Å²) in [6.07, 6.45) is 0.710. The normalized spacial score (nSPS) is 9.95. The standard InChI is InChI=1S/C15H12F2N2/c16-13-4-1-11(2-5-13)7-8-19-14-6-3-12(10-18)15(17)9-14/h1-6,9,19H,7-8H2. The second-order valence-corrected chi connectivity index (χ2v) is 4.11. The zero-order valence-corrected chi connectivity index (χ0v) is 10.2. The molecule has 0 saturated carbocycles. The number of nitriles is 1. The summed E-state index contributed by atoms with van der Waals surface area (Å²) in [4.78, 5) is 0. The largest absolute Gasteiger partial charge is 0.385 e. The third kappa shape index (κ3) is 3.52. The summed E-state index contributed by atoms with van der Waals surface area (Å²) in [7, 11) is 0. The van der Waals surface area contributed by atoms with Gasteiger partial charge in [0.15, 0.2) is 0 Å². The molecule has 0 aliphatic carbocycles. The van der Waals surface area contributed by atoms with Crippen LogP contribution in [0.25, 0.3) is 0 Å². The molecular weight excluding hydrogens is 246 g/mol. The van der Waals surface area contributed by atoms with Crippen LogP contribution in [-0.2, 0) is 6.42 Å². The molecule has 0 fully saturated rings. The van der Waals surface area contributed by atoms with Gasteiger partial charge in [-0.2, -0.15) is 5.26 Å². The summed E-state index contributed by atoms with van der Waals surface area (Å²) in [5.41, 5.74) is 1.66. The molecule has 0 unspecified atom stereocenters. The molecular formula is C15H12F2N2. The van der Waals surface area contributed by atoms with Crippen LogP contribution < -0.4 is 5.32 Å². The highest BCUT2D eigenvalue weighted by atomic mass is 19.1. The van der Waals surface area contributed by atoms with Crippen molar-refractivity contribution in [1.29, 1.82) is 5.26 Å². The Bertz CT molecular complexity index is 601. The smallest absolute Gasteiger partial charge is 0.143 e. The molecule has 0 aliphatic rings. The molecule has 0 radical (unpaired) electrons. The molecule has 2 aromatic carbocycles. The number of hydrogen-bond acceptors (Lipinski definition) is 2. The first-order valence-electron chi connectivity index (χ1n) is 5.87. The van der Waals surface area contributed by atoms with Crippen molar-refractivity contribution in [2.75, 3.05) is 11.9 Å². The van der Waals surface area contributed by atoms with Gasteiger partial charge in [-0.05, 0) is 42.3 Å². The van der Waals surface area contributed by atoms with Crippen molar-refractivity contribution in [3.63, 3.8) is 0 Å². The number of hydrogen-bond donors (Lipinski definition) is 1. The number of benzene rings is 2. The predicted molar refractivity (Wildman–Crippen MR) is 69.7 cm³/mol. The van der Waals surface area contributed by atoms with E-state index < -0.39 is 5.82 Å². The number of rotatable bonds is 4. The van der Waals surface area contributed by atoms with Crippen molar-refractivity contribution in [3.05, 3.63) is 65.2 Å². The first-order chi connectivity index (χ1) is 9.19. The van der Waals surface area contributed by atoms with Crippen LogP contribution in [0, 0.1) is 23.0 Å². The fourth-order valence-corrected chi connectivity index (χ4v) is 1.72. The molecule has 0 atom stereocenters. The Balaban J connectivity index is 1.91. The van der Waals surface area contributed by atoms with Gasteiger partial charge in [0.25, 0.3) is 0 Å². The van der Waals surface area contributed by atoms with Crippen molar-refractivity contribution in [1.82, 2.24) is 0 Å². The molecule has 0 aromatic heterocycles. The molecule has 1 N–H and O–H groups in total. The highest BCUT2D eigenvalue weighted by Gasteiger charge is 2.02. The van der Waals surface area contributed by atoms with Crippen LogP contribution >= 0.6 is 0 Å². The van der Waals surface area contributed by atoms with E-state index >= 15 is 0 Å². The van der Waals surface area contributed by atoms with Crippen LogP contribution in [0.1, 0.15) is 11.1 Å². The molecule has 0 amide bonds. The van der Waals surface area contributed by atoms with E-state index in [4.69, 9.17) is 5.26 Å². The molecule has 2 aromatic rings.